The van der Waals surface area contributed by atoms with E-state index in [4.69, 9.17) is 21.3 Å². The normalized spacial score (nSPS) is 17.3. The molecule has 1 unspecified atom stereocenters. The molecule has 1 aromatic carbocycles. The van der Waals surface area contributed by atoms with E-state index in [0.29, 0.717) is 40.0 Å². The molecule has 1 N–H and O–H groups in total. The van der Waals surface area contributed by atoms with Crippen LogP contribution in [0.4, 0.5) is 17.1 Å². The number of para-hydroxylation sites is 2. The van der Waals surface area contributed by atoms with Gasteiger partial charge in [0.15, 0.2) is 5.65 Å². The highest BCUT2D eigenvalue weighted by atomic mass is 35.5. The molecule has 0 aliphatic carbocycles. The number of ether oxygens (including phenoxy) is 1. The summed E-state index contributed by atoms with van der Waals surface area (Å²) in [5.41, 5.74) is 3.09. The first-order valence-corrected chi connectivity index (χ1v) is 11.9. The lowest BCUT2D eigenvalue weighted by Gasteiger charge is -2.25. The van der Waals surface area contributed by atoms with Crippen LogP contribution in [0.15, 0.2) is 30.3 Å². The molecule has 2 aromatic heterocycles. The molecule has 1 aliphatic heterocycles. The zero-order chi connectivity index (χ0) is 21.5. The number of anilines is 3. The third-order valence-corrected chi connectivity index (χ3v) is 6.63. The number of aromatic nitrogens is 3. The van der Waals surface area contributed by atoms with E-state index < -0.39 is 10.0 Å². The van der Waals surface area contributed by atoms with Crippen molar-refractivity contribution in [3.63, 3.8) is 0 Å². The predicted molar refractivity (Wildman–Crippen MR) is 119 cm³/mol. The molecule has 1 atom stereocenters. The van der Waals surface area contributed by atoms with Gasteiger partial charge in [0.25, 0.3) is 0 Å². The van der Waals surface area contributed by atoms with E-state index in [2.05, 4.69) is 10.3 Å². The summed E-state index contributed by atoms with van der Waals surface area (Å²) in [4.78, 5) is 9.23. The molecule has 1 fully saturated rings. The number of pyridine rings is 1. The first kappa shape index (κ1) is 20.9. The van der Waals surface area contributed by atoms with Gasteiger partial charge in [-0.15, -0.1) is 0 Å². The van der Waals surface area contributed by atoms with Crippen molar-refractivity contribution in [1.29, 1.82) is 0 Å². The molecule has 8 nitrogen and oxygen atoms in total. The minimum absolute atomic E-state index is 0.119. The average Bonchev–Trinajstić information content (AvgIpc) is 3.03. The number of aryl methyl sites for hydroxylation is 1. The third-order valence-electron chi connectivity index (χ3n) is 5.25. The summed E-state index contributed by atoms with van der Waals surface area (Å²) in [6.45, 7) is 2.63. The lowest BCUT2D eigenvalue weighted by molar-refractivity contribution is -0.0309. The molecule has 4 rings (SSSR count). The van der Waals surface area contributed by atoms with Crippen molar-refractivity contribution in [1.82, 2.24) is 14.5 Å². The van der Waals surface area contributed by atoms with Crippen molar-refractivity contribution in [3.8, 4) is 0 Å². The number of nitrogens with zero attached hydrogens (tertiary/aromatic N) is 4. The Kier molecular flexibility index (Phi) is 5.61. The van der Waals surface area contributed by atoms with Crippen molar-refractivity contribution >= 4 is 49.9 Å². The maximum absolute atomic E-state index is 12.1. The van der Waals surface area contributed by atoms with Crippen LogP contribution < -0.4 is 9.62 Å². The Balaban J connectivity index is 1.80. The largest absolute Gasteiger partial charge is 0.358 e. The average molecular weight is 450 g/mol. The SMILES string of the molecule is Cc1nc2c(Nc3ccccc3N(C)S(C)(=O)=O)cc(Cl)nc2n1C1CCCCO1. The molecule has 160 valence electrons. The van der Waals surface area contributed by atoms with Crippen LogP contribution in [0.5, 0.6) is 0 Å². The minimum atomic E-state index is -3.42. The number of hydrogen-bond donors (Lipinski definition) is 1. The second kappa shape index (κ2) is 8.05. The fraction of sp³-hybridized carbons (Fsp3) is 0.400. The molecule has 1 saturated heterocycles. The van der Waals surface area contributed by atoms with Gasteiger partial charge in [-0.05, 0) is 38.3 Å². The number of fused-ring (bicyclic) bond motifs is 1. The molecule has 0 bridgehead atoms. The second-order valence-electron chi connectivity index (χ2n) is 7.39. The van der Waals surface area contributed by atoms with Gasteiger partial charge < -0.3 is 10.1 Å². The number of hydrogen-bond acceptors (Lipinski definition) is 6. The van der Waals surface area contributed by atoms with Gasteiger partial charge in [0.05, 0.1) is 23.3 Å². The van der Waals surface area contributed by atoms with Gasteiger partial charge in [-0.3, -0.25) is 8.87 Å². The quantitative estimate of drug-likeness (QED) is 0.586. The van der Waals surface area contributed by atoms with Crippen molar-refractivity contribution in [3.05, 3.63) is 41.3 Å². The first-order chi connectivity index (χ1) is 14.3. The van der Waals surface area contributed by atoms with Gasteiger partial charge >= 0.3 is 0 Å². The molecule has 30 heavy (non-hydrogen) atoms. The number of halogens is 1. The zero-order valence-corrected chi connectivity index (χ0v) is 18.7. The van der Waals surface area contributed by atoms with Crippen molar-refractivity contribution < 1.29 is 13.2 Å². The second-order valence-corrected chi connectivity index (χ2v) is 9.79. The lowest BCUT2D eigenvalue weighted by Crippen LogP contribution is -2.25. The molecule has 1 aliphatic rings. The number of rotatable bonds is 5. The summed E-state index contributed by atoms with van der Waals surface area (Å²) < 4.78 is 33.3. The summed E-state index contributed by atoms with van der Waals surface area (Å²) in [5, 5.41) is 3.62. The monoisotopic (exact) mass is 449 g/mol. The summed E-state index contributed by atoms with van der Waals surface area (Å²) in [7, 11) is -1.90. The van der Waals surface area contributed by atoms with Gasteiger partial charge in [0, 0.05) is 19.7 Å². The smallest absolute Gasteiger partial charge is 0.232 e. The van der Waals surface area contributed by atoms with Crippen LogP contribution in [0.25, 0.3) is 11.2 Å². The Morgan fingerprint density at radius 2 is 2.00 bits per heavy atom. The van der Waals surface area contributed by atoms with Crippen LogP contribution in [0.3, 0.4) is 0 Å². The van der Waals surface area contributed by atoms with Crippen molar-refractivity contribution in [2.24, 2.45) is 0 Å². The van der Waals surface area contributed by atoms with Crippen LogP contribution in [0.1, 0.15) is 31.3 Å². The molecule has 0 amide bonds. The Morgan fingerprint density at radius 3 is 2.70 bits per heavy atom. The van der Waals surface area contributed by atoms with E-state index >= 15 is 0 Å². The fourth-order valence-electron chi connectivity index (χ4n) is 3.69. The van der Waals surface area contributed by atoms with E-state index in [0.717, 1.165) is 25.1 Å². The Labute approximate surface area is 180 Å². The number of sulfonamides is 1. The molecule has 3 heterocycles. The van der Waals surface area contributed by atoms with Crippen molar-refractivity contribution in [2.75, 3.05) is 29.5 Å². The van der Waals surface area contributed by atoms with Crippen molar-refractivity contribution in [2.45, 2.75) is 32.4 Å². The highest BCUT2D eigenvalue weighted by molar-refractivity contribution is 7.92. The van der Waals surface area contributed by atoms with Crippen LogP contribution in [-0.2, 0) is 14.8 Å². The van der Waals surface area contributed by atoms with Crippen LogP contribution in [0, 0.1) is 6.92 Å². The molecule has 10 heteroatoms. The van der Waals surface area contributed by atoms with E-state index in [1.807, 2.05) is 23.6 Å². The fourth-order valence-corrected chi connectivity index (χ4v) is 4.39. The molecule has 3 aromatic rings. The Morgan fingerprint density at radius 1 is 1.23 bits per heavy atom. The molecule has 0 radical (unpaired) electrons. The molecular weight excluding hydrogens is 426 g/mol. The van der Waals surface area contributed by atoms with E-state index in [-0.39, 0.29) is 6.23 Å². The predicted octanol–water partition coefficient (Wildman–Crippen LogP) is 4.23. The maximum Gasteiger partial charge on any atom is 0.232 e. The minimum Gasteiger partial charge on any atom is -0.358 e. The summed E-state index contributed by atoms with van der Waals surface area (Å²) in [6.07, 6.45) is 4.08. The van der Waals surface area contributed by atoms with E-state index in [9.17, 15) is 8.42 Å². The number of nitrogens with one attached hydrogen (secondary N) is 1. The third kappa shape index (κ3) is 3.97. The Bertz CT molecular complexity index is 1190. The zero-order valence-electron chi connectivity index (χ0n) is 17.1. The summed E-state index contributed by atoms with van der Waals surface area (Å²) in [6, 6.07) is 8.87. The van der Waals surface area contributed by atoms with Crippen LogP contribution in [-0.4, -0.2) is 42.9 Å². The van der Waals surface area contributed by atoms with Gasteiger partial charge in [0.2, 0.25) is 10.0 Å². The molecule has 0 spiro atoms. The maximum atomic E-state index is 12.1. The molecular formula is C20H24ClN5O3S. The topological polar surface area (TPSA) is 89.4 Å². The number of benzene rings is 1. The summed E-state index contributed by atoms with van der Waals surface area (Å²) in [5.74, 6) is 0.788. The summed E-state index contributed by atoms with van der Waals surface area (Å²) >= 11 is 6.35. The highest BCUT2D eigenvalue weighted by Crippen LogP contribution is 2.35. The first-order valence-electron chi connectivity index (χ1n) is 9.72. The standard InChI is InChI=1S/C20H24ClN5O3S/c1-13-22-19-15(23-14-8-4-5-9-16(14)25(2)30(3,27)28)12-17(21)24-20(19)26(13)18-10-6-7-11-29-18/h4-5,8-9,12,18H,6-7,10-11H2,1-3H3,(H,23,24). The van der Waals surface area contributed by atoms with E-state index in [1.165, 1.54) is 17.6 Å². The van der Waals surface area contributed by atoms with Gasteiger partial charge in [-0.25, -0.2) is 18.4 Å². The highest BCUT2D eigenvalue weighted by Gasteiger charge is 2.24. The van der Waals surface area contributed by atoms with Crippen LogP contribution in [0.2, 0.25) is 5.15 Å². The molecule has 0 saturated carbocycles. The van der Waals surface area contributed by atoms with Gasteiger partial charge in [0.1, 0.15) is 22.7 Å². The van der Waals surface area contributed by atoms with Gasteiger partial charge in [-0.2, -0.15) is 0 Å². The number of imidazole rings is 1. The van der Waals surface area contributed by atoms with Gasteiger partial charge in [-0.1, -0.05) is 23.7 Å². The Hall–Kier alpha value is -2.36. The lowest BCUT2D eigenvalue weighted by atomic mass is 10.2. The van der Waals surface area contributed by atoms with E-state index in [1.54, 1.807) is 18.2 Å². The van der Waals surface area contributed by atoms with Crippen LogP contribution >= 0.6 is 11.6 Å².